The molecule has 7 heteroatoms. The Hall–Kier alpha value is -2.80. The van der Waals surface area contributed by atoms with Crippen molar-refractivity contribution in [2.45, 2.75) is 19.1 Å². The summed E-state index contributed by atoms with van der Waals surface area (Å²) in [7, 11) is 0. The van der Waals surface area contributed by atoms with Crippen molar-refractivity contribution in [3.8, 4) is 11.3 Å². The monoisotopic (exact) mass is 312 g/mol. The smallest absolute Gasteiger partial charge is 0.362 e. The largest absolute Gasteiger partial charge is 0.462 e. The topological polar surface area (TPSA) is 87.9 Å². The quantitative estimate of drug-likeness (QED) is 0.863. The highest BCUT2D eigenvalue weighted by Crippen LogP contribution is 2.29. The Kier molecular flexibility index (Phi) is 4.03. The number of carbonyl (C=O) groups excluding carboxylic acids is 1. The van der Waals surface area contributed by atoms with Crippen molar-refractivity contribution in [1.29, 1.82) is 0 Å². The molecular formula is C16H16N4O3. The molecule has 7 nitrogen and oxygen atoms in total. The highest BCUT2D eigenvalue weighted by atomic mass is 16.6. The molecule has 0 fully saturated rings. The first-order valence-electron chi connectivity index (χ1n) is 7.26. The number of ether oxygens (including phenoxy) is 1. The lowest BCUT2D eigenvalue weighted by molar-refractivity contribution is -0.163. The number of anilines is 1. The van der Waals surface area contributed by atoms with Crippen molar-refractivity contribution in [2.75, 3.05) is 11.6 Å². The van der Waals surface area contributed by atoms with Crippen LogP contribution in [0.5, 0.6) is 0 Å². The Morgan fingerprint density at radius 3 is 2.70 bits per heavy atom. The zero-order chi connectivity index (χ0) is 16.3. The van der Waals surface area contributed by atoms with Crippen LogP contribution in [0.4, 0.5) is 5.82 Å². The Labute approximate surface area is 133 Å². The minimum absolute atomic E-state index is 0.0357. The zero-order valence-corrected chi connectivity index (χ0v) is 12.6. The summed E-state index contributed by atoms with van der Waals surface area (Å²) in [5.41, 5.74) is -0.256. The first kappa shape index (κ1) is 15.1. The van der Waals surface area contributed by atoms with Gasteiger partial charge in [0.2, 0.25) is 0 Å². The molecule has 23 heavy (non-hydrogen) atoms. The van der Waals surface area contributed by atoms with Gasteiger partial charge in [0.15, 0.2) is 5.82 Å². The van der Waals surface area contributed by atoms with E-state index in [9.17, 15) is 9.90 Å². The van der Waals surface area contributed by atoms with E-state index in [0.717, 1.165) is 10.6 Å². The molecule has 1 aliphatic heterocycles. The molecule has 1 aliphatic rings. The molecule has 0 spiro atoms. The molecule has 0 radical (unpaired) electrons. The van der Waals surface area contributed by atoms with Crippen LogP contribution < -0.4 is 5.01 Å². The Morgan fingerprint density at radius 2 is 2.04 bits per heavy atom. The minimum Gasteiger partial charge on any atom is -0.462 e. The molecule has 0 saturated heterocycles. The van der Waals surface area contributed by atoms with E-state index in [-0.39, 0.29) is 18.8 Å². The van der Waals surface area contributed by atoms with Crippen LogP contribution in [0.3, 0.4) is 0 Å². The average Bonchev–Trinajstić information content (AvgIpc) is 2.99. The molecule has 1 aromatic carbocycles. The zero-order valence-electron chi connectivity index (χ0n) is 12.6. The molecule has 0 bridgehead atoms. The lowest BCUT2D eigenvalue weighted by Crippen LogP contribution is -2.51. The van der Waals surface area contributed by atoms with Gasteiger partial charge >= 0.3 is 5.97 Å². The van der Waals surface area contributed by atoms with Crippen LogP contribution in [0.15, 0.2) is 47.6 Å². The van der Waals surface area contributed by atoms with Crippen molar-refractivity contribution >= 4 is 18.0 Å². The van der Waals surface area contributed by atoms with Crippen molar-refractivity contribution in [3.05, 3.63) is 42.5 Å². The molecule has 118 valence electrons. The first-order valence-corrected chi connectivity index (χ1v) is 7.26. The molecule has 0 aliphatic carbocycles. The summed E-state index contributed by atoms with van der Waals surface area (Å²) in [6, 6.07) is 13.0. The molecular weight excluding hydrogens is 296 g/mol. The predicted molar refractivity (Wildman–Crippen MR) is 84.6 cm³/mol. The van der Waals surface area contributed by atoms with Gasteiger partial charge in [-0.1, -0.05) is 30.3 Å². The van der Waals surface area contributed by atoms with Crippen molar-refractivity contribution in [2.24, 2.45) is 5.10 Å². The van der Waals surface area contributed by atoms with Crippen molar-refractivity contribution < 1.29 is 14.6 Å². The van der Waals surface area contributed by atoms with E-state index >= 15 is 0 Å². The molecule has 0 amide bonds. The number of hydrogen-bond acceptors (Lipinski definition) is 7. The summed E-state index contributed by atoms with van der Waals surface area (Å²) < 4.78 is 4.91. The second-order valence-electron chi connectivity index (χ2n) is 4.99. The fourth-order valence-corrected chi connectivity index (χ4v) is 2.30. The first-order chi connectivity index (χ1) is 11.1. The number of aliphatic hydroxyl groups is 1. The van der Waals surface area contributed by atoms with E-state index in [1.165, 1.54) is 6.21 Å². The maximum Gasteiger partial charge on any atom is 0.362 e. The third kappa shape index (κ3) is 2.78. The van der Waals surface area contributed by atoms with Gasteiger partial charge in [-0.3, -0.25) is 0 Å². The lowest BCUT2D eigenvalue weighted by Gasteiger charge is -2.28. The number of hydrogen-bond donors (Lipinski definition) is 1. The van der Waals surface area contributed by atoms with Gasteiger partial charge in [0.25, 0.3) is 5.72 Å². The fraction of sp³-hybridized carbons (Fsp3) is 0.250. The van der Waals surface area contributed by atoms with Crippen LogP contribution in [0.1, 0.15) is 13.3 Å². The summed E-state index contributed by atoms with van der Waals surface area (Å²) in [5.74, 6) is -0.486. The average molecular weight is 312 g/mol. The van der Waals surface area contributed by atoms with Gasteiger partial charge in [0.05, 0.1) is 12.3 Å². The Bertz CT molecular complexity index is 718. The summed E-state index contributed by atoms with van der Waals surface area (Å²) in [6.07, 6.45) is 1.48. The molecule has 0 saturated carbocycles. The molecule has 2 aromatic rings. The predicted octanol–water partition coefficient (Wildman–Crippen LogP) is 1.59. The number of hydrazone groups is 1. The van der Waals surface area contributed by atoms with Gasteiger partial charge in [-0.25, -0.2) is 9.80 Å². The Balaban J connectivity index is 1.87. The van der Waals surface area contributed by atoms with Gasteiger partial charge in [0, 0.05) is 18.2 Å². The van der Waals surface area contributed by atoms with Gasteiger partial charge in [-0.05, 0) is 19.1 Å². The van der Waals surface area contributed by atoms with Crippen LogP contribution in [0, 0.1) is 0 Å². The van der Waals surface area contributed by atoms with E-state index in [1.807, 2.05) is 30.3 Å². The number of carbonyl (C=O) groups is 1. The third-order valence-electron chi connectivity index (χ3n) is 3.46. The van der Waals surface area contributed by atoms with Crippen LogP contribution in [-0.2, 0) is 9.53 Å². The van der Waals surface area contributed by atoms with Gasteiger partial charge < -0.3 is 9.84 Å². The SMILES string of the molecule is CCOC(=O)C1(O)CC=NN1c1ccc(-c2ccccc2)nn1. The molecule has 2 heterocycles. The fourth-order valence-electron chi connectivity index (χ4n) is 2.30. The minimum atomic E-state index is -1.88. The number of nitrogens with zero attached hydrogens (tertiary/aromatic N) is 4. The molecule has 1 N–H and O–H groups in total. The maximum absolute atomic E-state index is 12.0. The van der Waals surface area contributed by atoms with E-state index in [4.69, 9.17) is 4.74 Å². The summed E-state index contributed by atoms with van der Waals surface area (Å²) in [6.45, 7) is 1.85. The number of aromatic nitrogens is 2. The number of rotatable bonds is 4. The molecule has 1 aromatic heterocycles. The second-order valence-corrected chi connectivity index (χ2v) is 4.99. The highest BCUT2D eigenvalue weighted by Gasteiger charge is 2.47. The normalized spacial score (nSPS) is 19.8. The van der Waals surface area contributed by atoms with Crippen LogP contribution in [0.2, 0.25) is 0 Å². The highest BCUT2D eigenvalue weighted by molar-refractivity contribution is 5.89. The molecule has 1 atom stereocenters. The Morgan fingerprint density at radius 1 is 1.26 bits per heavy atom. The van der Waals surface area contributed by atoms with E-state index in [0.29, 0.717) is 5.69 Å². The summed E-state index contributed by atoms with van der Waals surface area (Å²) in [4.78, 5) is 12.0. The lowest BCUT2D eigenvalue weighted by atomic mass is 10.1. The van der Waals surface area contributed by atoms with Crippen molar-refractivity contribution in [1.82, 2.24) is 10.2 Å². The standard InChI is InChI=1S/C16H16N4O3/c1-2-23-15(21)16(22)10-11-17-20(16)14-9-8-13(18-19-14)12-6-4-3-5-7-12/h3-9,11,22H,2,10H2,1H3. The van der Waals surface area contributed by atoms with Crippen LogP contribution in [0.25, 0.3) is 11.3 Å². The van der Waals surface area contributed by atoms with E-state index < -0.39 is 11.7 Å². The van der Waals surface area contributed by atoms with E-state index in [2.05, 4.69) is 15.3 Å². The van der Waals surface area contributed by atoms with E-state index in [1.54, 1.807) is 19.1 Å². The maximum atomic E-state index is 12.0. The molecule has 1 unspecified atom stereocenters. The summed E-state index contributed by atoms with van der Waals surface area (Å²) in [5, 5.41) is 23.9. The van der Waals surface area contributed by atoms with Gasteiger partial charge in [0.1, 0.15) is 0 Å². The van der Waals surface area contributed by atoms with Gasteiger partial charge in [-0.2, -0.15) is 5.10 Å². The van der Waals surface area contributed by atoms with Gasteiger partial charge in [-0.15, -0.1) is 10.2 Å². The third-order valence-corrected chi connectivity index (χ3v) is 3.46. The second kappa shape index (κ2) is 6.13. The van der Waals surface area contributed by atoms with Crippen LogP contribution in [-0.4, -0.2) is 39.8 Å². The van der Waals surface area contributed by atoms with Crippen LogP contribution >= 0.6 is 0 Å². The summed E-state index contributed by atoms with van der Waals surface area (Å²) >= 11 is 0. The van der Waals surface area contributed by atoms with Crippen molar-refractivity contribution in [3.63, 3.8) is 0 Å². The molecule has 3 rings (SSSR count). The number of benzene rings is 1. The number of esters is 1.